The van der Waals surface area contributed by atoms with Gasteiger partial charge in [-0.15, -0.1) is 0 Å². The van der Waals surface area contributed by atoms with Crippen LogP contribution in [0.1, 0.15) is 29.6 Å². The molecule has 0 aromatic heterocycles. The van der Waals surface area contributed by atoms with Gasteiger partial charge in [-0.1, -0.05) is 6.42 Å². The Labute approximate surface area is 116 Å². The Morgan fingerprint density at radius 3 is 2.80 bits per heavy atom. The molecule has 2 unspecified atom stereocenters. The van der Waals surface area contributed by atoms with Crippen molar-refractivity contribution in [3.8, 4) is 0 Å². The lowest BCUT2D eigenvalue weighted by molar-refractivity contribution is -0.142. The van der Waals surface area contributed by atoms with Crippen molar-refractivity contribution >= 4 is 17.6 Å². The smallest absolute Gasteiger partial charge is 0.306 e. The maximum atomic E-state index is 13.6. The zero-order valence-electron chi connectivity index (χ0n) is 10.9. The molecule has 0 saturated heterocycles. The fourth-order valence-electron chi connectivity index (χ4n) is 2.64. The van der Waals surface area contributed by atoms with Crippen LogP contribution >= 0.6 is 0 Å². The summed E-state index contributed by atoms with van der Waals surface area (Å²) in [4.78, 5) is 22.9. The number of rotatable bonds is 4. The van der Waals surface area contributed by atoms with Crippen LogP contribution in [0.3, 0.4) is 0 Å². The molecule has 1 aromatic carbocycles. The number of hydrogen-bond acceptors (Lipinski definition) is 3. The Hall–Kier alpha value is -2.11. The third-order valence-corrected chi connectivity index (χ3v) is 3.74. The van der Waals surface area contributed by atoms with Crippen molar-refractivity contribution in [2.75, 3.05) is 12.3 Å². The van der Waals surface area contributed by atoms with Crippen LogP contribution in [0, 0.1) is 17.7 Å². The quantitative estimate of drug-likeness (QED) is 0.731. The molecule has 1 aliphatic rings. The summed E-state index contributed by atoms with van der Waals surface area (Å²) in [6.07, 6.45) is 2.24. The number of hydrogen-bond donors (Lipinski definition) is 3. The Balaban J connectivity index is 1.97. The van der Waals surface area contributed by atoms with Crippen molar-refractivity contribution in [2.45, 2.75) is 19.3 Å². The number of carbonyl (C=O) groups excluding carboxylic acids is 1. The van der Waals surface area contributed by atoms with Crippen molar-refractivity contribution in [1.29, 1.82) is 0 Å². The lowest BCUT2D eigenvalue weighted by Gasteiger charge is -2.16. The molecule has 108 valence electrons. The summed E-state index contributed by atoms with van der Waals surface area (Å²) < 4.78 is 13.6. The van der Waals surface area contributed by atoms with E-state index in [4.69, 9.17) is 10.8 Å². The van der Waals surface area contributed by atoms with E-state index in [2.05, 4.69) is 5.32 Å². The van der Waals surface area contributed by atoms with Crippen molar-refractivity contribution < 1.29 is 19.1 Å². The van der Waals surface area contributed by atoms with Gasteiger partial charge in [0, 0.05) is 12.2 Å². The molecule has 0 bridgehead atoms. The Morgan fingerprint density at radius 1 is 1.40 bits per heavy atom. The van der Waals surface area contributed by atoms with Gasteiger partial charge in [0.1, 0.15) is 5.82 Å². The van der Waals surface area contributed by atoms with E-state index in [0.29, 0.717) is 6.42 Å². The predicted molar refractivity (Wildman–Crippen MR) is 71.6 cm³/mol. The van der Waals surface area contributed by atoms with Crippen LogP contribution in [0.5, 0.6) is 0 Å². The first-order valence-corrected chi connectivity index (χ1v) is 6.55. The molecule has 5 nitrogen and oxygen atoms in total. The van der Waals surface area contributed by atoms with Gasteiger partial charge in [-0.2, -0.15) is 0 Å². The highest BCUT2D eigenvalue weighted by molar-refractivity contribution is 5.94. The van der Waals surface area contributed by atoms with Crippen molar-refractivity contribution in [3.05, 3.63) is 29.6 Å². The zero-order valence-corrected chi connectivity index (χ0v) is 10.9. The number of carbonyl (C=O) groups is 2. The molecule has 6 heteroatoms. The molecule has 0 aliphatic heterocycles. The highest BCUT2D eigenvalue weighted by Gasteiger charge is 2.33. The van der Waals surface area contributed by atoms with Crippen LogP contribution in [0.4, 0.5) is 10.1 Å². The van der Waals surface area contributed by atoms with Crippen LogP contribution in [0.15, 0.2) is 18.2 Å². The fraction of sp³-hybridized carbons (Fsp3) is 0.429. The van der Waals surface area contributed by atoms with E-state index in [1.807, 2.05) is 0 Å². The first-order valence-electron chi connectivity index (χ1n) is 6.55. The summed E-state index contributed by atoms with van der Waals surface area (Å²) in [5, 5.41) is 11.7. The normalized spacial score (nSPS) is 21.6. The van der Waals surface area contributed by atoms with E-state index in [1.54, 1.807) is 0 Å². The monoisotopic (exact) mass is 280 g/mol. The topological polar surface area (TPSA) is 92.4 Å². The van der Waals surface area contributed by atoms with E-state index in [-0.39, 0.29) is 23.7 Å². The summed E-state index contributed by atoms with van der Waals surface area (Å²) in [6.45, 7) is 0.250. The van der Waals surface area contributed by atoms with Gasteiger partial charge in [-0.3, -0.25) is 9.59 Å². The number of nitrogens with two attached hydrogens (primary N) is 1. The van der Waals surface area contributed by atoms with Crippen LogP contribution in [0.2, 0.25) is 0 Å². The molecule has 1 saturated carbocycles. The number of carboxylic acids is 1. The largest absolute Gasteiger partial charge is 0.481 e. The minimum Gasteiger partial charge on any atom is -0.481 e. The second-order valence-corrected chi connectivity index (χ2v) is 5.09. The third-order valence-electron chi connectivity index (χ3n) is 3.74. The average molecular weight is 280 g/mol. The molecule has 2 atom stereocenters. The number of nitrogens with one attached hydrogen (secondary N) is 1. The summed E-state index contributed by atoms with van der Waals surface area (Å²) >= 11 is 0. The molecule has 1 aliphatic carbocycles. The minimum absolute atomic E-state index is 0.0796. The predicted octanol–water partition coefficient (Wildman–Crippen LogP) is 1.64. The summed E-state index contributed by atoms with van der Waals surface area (Å²) in [7, 11) is 0. The van der Waals surface area contributed by atoms with Gasteiger partial charge < -0.3 is 16.2 Å². The van der Waals surface area contributed by atoms with Gasteiger partial charge in [0.25, 0.3) is 5.91 Å². The molecule has 2 rings (SSSR count). The van der Waals surface area contributed by atoms with Gasteiger partial charge in [-0.05, 0) is 37.0 Å². The third kappa shape index (κ3) is 3.07. The van der Waals surface area contributed by atoms with Gasteiger partial charge in [0.2, 0.25) is 0 Å². The Morgan fingerprint density at radius 2 is 2.15 bits per heavy atom. The molecular weight excluding hydrogens is 263 g/mol. The first-order chi connectivity index (χ1) is 9.49. The number of halogens is 1. The lowest BCUT2D eigenvalue weighted by atomic mass is 9.96. The molecular formula is C14H17FN2O3. The minimum atomic E-state index is -0.833. The van der Waals surface area contributed by atoms with E-state index in [0.717, 1.165) is 18.9 Å². The second-order valence-electron chi connectivity index (χ2n) is 5.09. The number of anilines is 1. The maximum Gasteiger partial charge on any atom is 0.306 e. The average Bonchev–Trinajstić information content (AvgIpc) is 2.84. The fourth-order valence-corrected chi connectivity index (χ4v) is 2.64. The molecule has 1 fully saturated rings. The molecule has 0 spiro atoms. The van der Waals surface area contributed by atoms with Gasteiger partial charge >= 0.3 is 5.97 Å². The van der Waals surface area contributed by atoms with Crippen molar-refractivity contribution in [2.24, 2.45) is 11.8 Å². The Kier molecular flexibility index (Phi) is 4.22. The maximum absolute atomic E-state index is 13.6. The van der Waals surface area contributed by atoms with E-state index >= 15 is 0 Å². The van der Waals surface area contributed by atoms with Gasteiger partial charge in [0.05, 0.1) is 11.5 Å². The molecule has 20 heavy (non-hydrogen) atoms. The second kappa shape index (κ2) is 5.90. The SMILES string of the molecule is Nc1ccc(C(=O)NCC2CCCC2C(=O)O)c(F)c1. The summed E-state index contributed by atoms with van der Waals surface area (Å²) in [5.74, 6) is -2.57. The standard InChI is InChI=1S/C14H17FN2O3/c15-12-6-9(16)4-5-11(12)13(18)17-7-8-2-1-3-10(8)14(19)20/h4-6,8,10H,1-3,7,16H2,(H,17,18)(H,19,20). The van der Waals surface area contributed by atoms with Gasteiger partial charge in [0.15, 0.2) is 0 Å². The molecule has 0 heterocycles. The highest BCUT2D eigenvalue weighted by atomic mass is 19.1. The summed E-state index contributed by atoms with van der Waals surface area (Å²) in [6, 6.07) is 3.86. The highest BCUT2D eigenvalue weighted by Crippen LogP contribution is 2.31. The molecule has 1 aromatic rings. The zero-order chi connectivity index (χ0) is 14.7. The molecule has 4 N–H and O–H groups in total. The van der Waals surface area contributed by atoms with Crippen molar-refractivity contribution in [3.63, 3.8) is 0 Å². The van der Waals surface area contributed by atoms with Gasteiger partial charge in [-0.25, -0.2) is 4.39 Å². The van der Waals surface area contributed by atoms with E-state index in [1.165, 1.54) is 12.1 Å². The summed E-state index contributed by atoms with van der Waals surface area (Å²) in [5.41, 5.74) is 5.59. The Bertz CT molecular complexity index is 533. The molecule has 1 amide bonds. The molecule has 0 radical (unpaired) electrons. The number of aliphatic carboxylic acids is 1. The van der Waals surface area contributed by atoms with E-state index in [9.17, 15) is 14.0 Å². The van der Waals surface area contributed by atoms with Crippen LogP contribution in [0.25, 0.3) is 0 Å². The van der Waals surface area contributed by atoms with Crippen LogP contribution in [-0.2, 0) is 4.79 Å². The number of carboxylic acid groups (broad SMARTS) is 1. The van der Waals surface area contributed by atoms with E-state index < -0.39 is 23.6 Å². The van der Waals surface area contributed by atoms with Crippen LogP contribution < -0.4 is 11.1 Å². The van der Waals surface area contributed by atoms with Crippen LogP contribution in [-0.4, -0.2) is 23.5 Å². The first kappa shape index (κ1) is 14.3. The van der Waals surface area contributed by atoms with Crippen molar-refractivity contribution in [1.82, 2.24) is 5.32 Å². The number of amides is 1. The lowest BCUT2D eigenvalue weighted by Crippen LogP contribution is -2.33. The number of nitrogen functional groups attached to an aromatic ring is 1. The number of benzene rings is 1.